The van der Waals surface area contributed by atoms with Crippen molar-refractivity contribution in [3.63, 3.8) is 0 Å². The van der Waals surface area contributed by atoms with Crippen LogP contribution in [0.3, 0.4) is 0 Å². The van der Waals surface area contributed by atoms with Gasteiger partial charge < -0.3 is 10.1 Å². The van der Waals surface area contributed by atoms with Gasteiger partial charge in [0.2, 0.25) is 10.0 Å². The SMILES string of the molecule is CCN(CC)S(=O)(=O)c1ccc(C(C)NC(=O)C(C)Oc2ccc(Br)cc2)cc1. The molecule has 158 valence electrons. The van der Waals surface area contributed by atoms with Crippen LogP contribution >= 0.6 is 15.9 Å². The molecule has 2 unspecified atom stereocenters. The van der Waals surface area contributed by atoms with Gasteiger partial charge in [0.1, 0.15) is 5.75 Å². The zero-order valence-electron chi connectivity index (χ0n) is 17.1. The van der Waals surface area contributed by atoms with Crippen LogP contribution < -0.4 is 10.1 Å². The smallest absolute Gasteiger partial charge is 0.261 e. The minimum Gasteiger partial charge on any atom is -0.481 e. The molecule has 6 nitrogen and oxygen atoms in total. The lowest BCUT2D eigenvalue weighted by Crippen LogP contribution is -2.37. The highest BCUT2D eigenvalue weighted by Gasteiger charge is 2.22. The average molecular weight is 483 g/mol. The van der Waals surface area contributed by atoms with E-state index in [-0.39, 0.29) is 16.8 Å². The van der Waals surface area contributed by atoms with E-state index in [1.54, 1.807) is 43.3 Å². The Balaban J connectivity index is 2.02. The van der Waals surface area contributed by atoms with Crippen LogP contribution in [0.25, 0.3) is 0 Å². The molecule has 0 saturated carbocycles. The summed E-state index contributed by atoms with van der Waals surface area (Å²) >= 11 is 3.36. The summed E-state index contributed by atoms with van der Waals surface area (Å²) in [7, 11) is -3.50. The molecule has 0 fully saturated rings. The van der Waals surface area contributed by atoms with Crippen molar-refractivity contribution in [3.8, 4) is 5.75 Å². The van der Waals surface area contributed by atoms with E-state index in [1.165, 1.54) is 4.31 Å². The van der Waals surface area contributed by atoms with Crippen LogP contribution in [-0.4, -0.2) is 37.8 Å². The number of hydrogen-bond acceptors (Lipinski definition) is 4. The van der Waals surface area contributed by atoms with E-state index >= 15 is 0 Å². The fourth-order valence-corrected chi connectivity index (χ4v) is 4.55. The van der Waals surface area contributed by atoms with Gasteiger partial charge in [-0.2, -0.15) is 4.31 Å². The Morgan fingerprint density at radius 1 is 1.03 bits per heavy atom. The molecule has 2 atom stereocenters. The third-order valence-electron chi connectivity index (χ3n) is 4.58. The highest BCUT2D eigenvalue weighted by molar-refractivity contribution is 9.10. The van der Waals surface area contributed by atoms with Crippen molar-refractivity contribution in [2.45, 2.75) is 44.7 Å². The molecular formula is C21H27BrN2O4S. The molecule has 8 heteroatoms. The Morgan fingerprint density at radius 2 is 1.59 bits per heavy atom. The maximum atomic E-state index is 12.6. The molecule has 0 heterocycles. The summed E-state index contributed by atoms with van der Waals surface area (Å²) in [6, 6.07) is 13.6. The summed E-state index contributed by atoms with van der Waals surface area (Å²) in [5.74, 6) is 0.356. The lowest BCUT2D eigenvalue weighted by atomic mass is 10.1. The normalized spacial score (nSPS) is 13.7. The molecule has 0 saturated heterocycles. The number of benzene rings is 2. The molecular weight excluding hydrogens is 456 g/mol. The van der Waals surface area contributed by atoms with Crippen molar-refractivity contribution in [1.82, 2.24) is 9.62 Å². The topological polar surface area (TPSA) is 75.7 Å². The number of nitrogens with zero attached hydrogens (tertiary/aromatic N) is 1. The van der Waals surface area contributed by atoms with Crippen LogP contribution in [0.1, 0.15) is 39.3 Å². The first kappa shape index (κ1) is 23.4. The highest BCUT2D eigenvalue weighted by atomic mass is 79.9. The minimum absolute atomic E-state index is 0.246. The van der Waals surface area contributed by atoms with Gasteiger partial charge in [0.05, 0.1) is 10.9 Å². The first-order chi connectivity index (χ1) is 13.7. The van der Waals surface area contributed by atoms with Crippen LogP contribution in [0.5, 0.6) is 5.75 Å². The summed E-state index contributed by atoms with van der Waals surface area (Å²) < 4.78 is 33.2. The van der Waals surface area contributed by atoms with Gasteiger partial charge in [0, 0.05) is 17.6 Å². The van der Waals surface area contributed by atoms with Gasteiger partial charge >= 0.3 is 0 Å². The average Bonchev–Trinajstić information content (AvgIpc) is 2.70. The van der Waals surface area contributed by atoms with Gasteiger partial charge in [-0.15, -0.1) is 0 Å². The Bertz CT molecular complexity index is 911. The standard InChI is InChI=1S/C21H27BrN2O4S/c1-5-24(6-2)29(26,27)20-13-7-17(8-14-20)15(3)23-21(25)16(4)28-19-11-9-18(22)10-12-19/h7-16H,5-6H2,1-4H3,(H,23,25). The molecule has 0 spiro atoms. The summed E-state index contributed by atoms with van der Waals surface area (Å²) in [5, 5.41) is 2.90. The van der Waals surface area contributed by atoms with Gasteiger partial charge in [-0.25, -0.2) is 8.42 Å². The zero-order valence-corrected chi connectivity index (χ0v) is 19.5. The summed E-state index contributed by atoms with van der Waals surface area (Å²) in [6.07, 6.45) is -0.666. The Kier molecular flexibility index (Phi) is 8.24. The van der Waals surface area contributed by atoms with Gasteiger partial charge in [-0.05, 0) is 55.8 Å². The molecule has 29 heavy (non-hydrogen) atoms. The third kappa shape index (κ3) is 6.04. The van der Waals surface area contributed by atoms with Gasteiger partial charge in [0.25, 0.3) is 5.91 Å². The van der Waals surface area contributed by atoms with E-state index in [4.69, 9.17) is 4.74 Å². The number of carbonyl (C=O) groups is 1. The van der Waals surface area contributed by atoms with Crippen LogP contribution in [0.4, 0.5) is 0 Å². The molecule has 2 aromatic rings. The van der Waals surface area contributed by atoms with Crippen LogP contribution in [0, 0.1) is 0 Å². The number of halogens is 1. The predicted octanol–water partition coefficient (Wildman–Crippen LogP) is 4.12. The highest BCUT2D eigenvalue weighted by Crippen LogP contribution is 2.20. The third-order valence-corrected chi connectivity index (χ3v) is 7.17. The van der Waals surface area contributed by atoms with E-state index in [0.29, 0.717) is 18.8 Å². The van der Waals surface area contributed by atoms with Crippen LogP contribution in [0.2, 0.25) is 0 Å². The number of rotatable bonds is 9. The number of nitrogens with one attached hydrogen (secondary N) is 1. The van der Waals surface area contributed by atoms with E-state index in [9.17, 15) is 13.2 Å². The molecule has 0 aliphatic heterocycles. The number of ether oxygens (including phenoxy) is 1. The first-order valence-corrected chi connectivity index (χ1v) is 11.7. The molecule has 2 aromatic carbocycles. The van der Waals surface area contributed by atoms with Crippen molar-refractivity contribution in [2.75, 3.05) is 13.1 Å². The summed E-state index contributed by atoms with van der Waals surface area (Å²) in [6.45, 7) is 7.99. The number of hydrogen-bond donors (Lipinski definition) is 1. The predicted molar refractivity (Wildman–Crippen MR) is 117 cm³/mol. The monoisotopic (exact) mass is 482 g/mol. The molecule has 0 radical (unpaired) electrons. The Morgan fingerprint density at radius 3 is 2.10 bits per heavy atom. The minimum atomic E-state index is -3.50. The lowest BCUT2D eigenvalue weighted by molar-refractivity contribution is -0.127. The summed E-state index contributed by atoms with van der Waals surface area (Å²) in [4.78, 5) is 12.7. The van der Waals surface area contributed by atoms with Gasteiger partial charge in [-0.3, -0.25) is 4.79 Å². The number of carbonyl (C=O) groups excluding carboxylic acids is 1. The molecule has 0 aliphatic carbocycles. The number of amides is 1. The zero-order chi connectivity index (χ0) is 21.6. The molecule has 2 rings (SSSR count). The van der Waals surface area contributed by atoms with E-state index in [1.807, 2.05) is 32.9 Å². The van der Waals surface area contributed by atoms with Crippen molar-refractivity contribution < 1.29 is 17.9 Å². The summed E-state index contributed by atoms with van der Waals surface area (Å²) in [5.41, 5.74) is 0.813. The van der Waals surface area contributed by atoms with Gasteiger partial charge in [-0.1, -0.05) is 41.9 Å². The quantitative estimate of drug-likeness (QED) is 0.582. The van der Waals surface area contributed by atoms with E-state index in [2.05, 4.69) is 21.2 Å². The largest absolute Gasteiger partial charge is 0.481 e. The van der Waals surface area contributed by atoms with E-state index < -0.39 is 16.1 Å². The maximum Gasteiger partial charge on any atom is 0.261 e. The molecule has 0 bridgehead atoms. The molecule has 1 N–H and O–H groups in total. The second kappa shape index (κ2) is 10.2. The fraction of sp³-hybridized carbons (Fsp3) is 0.381. The van der Waals surface area contributed by atoms with Crippen molar-refractivity contribution in [2.24, 2.45) is 0 Å². The second-order valence-electron chi connectivity index (χ2n) is 6.60. The second-order valence-corrected chi connectivity index (χ2v) is 9.46. The lowest BCUT2D eigenvalue weighted by Gasteiger charge is -2.20. The molecule has 0 aliphatic rings. The van der Waals surface area contributed by atoms with E-state index in [0.717, 1.165) is 10.0 Å². The fourth-order valence-electron chi connectivity index (χ4n) is 2.83. The molecule has 0 aromatic heterocycles. The van der Waals surface area contributed by atoms with Crippen LogP contribution in [-0.2, 0) is 14.8 Å². The Hall–Kier alpha value is -1.90. The van der Waals surface area contributed by atoms with Gasteiger partial charge in [0.15, 0.2) is 6.10 Å². The van der Waals surface area contributed by atoms with Crippen molar-refractivity contribution in [1.29, 1.82) is 0 Å². The Labute approximate surface area is 181 Å². The first-order valence-electron chi connectivity index (χ1n) is 9.51. The van der Waals surface area contributed by atoms with Crippen molar-refractivity contribution >= 4 is 31.9 Å². The molecule has 1 amide bonds. The maximum absolute atomic E-state index is 12.6. The van der Waals surface area contributed by atoms with Crippen molar-refractivity contribution in [3.05, 3.63) is 58.6 Å². The number of sulfonamides is 1. The van der Waals surface area contributed by atoms with Crippen LogP contribution in [0.15, 0.2) is 57.9 Å².